The number of aromatic nitrogens is 3. The van der Waals surface area contributed by atoms with E-state index in [0.717, 1.165) is 11.5 Å². The lowest BCUT2D eigenvalue weighted by Gasteiger charge is -2.20. The van der Waals surface area contributed by atoms with Crippen LogP contribution in [0.3, 0.4) is 0 Å². The van der Waals surface area contributed by atoms with Gasteiger partial charge in [-0.2, -0.15) is 0 Å². The van der Waals surface area contributed by atoms with Crippen molar-refractivity contribution in [1.82, 2.24) is 15.0 Å². The maximum atomic E-state index is 5.35. The van der Waals surface area contributed by atoms with Gasteiger partial charge in [-0.3, -0.25) is 4.98 Å². The van der Waals surface area contributed by atoms with E-state index in [9.17, 15) is 0 Å². The zero-order valence-corrected chi connectivity index (χ0v) is 11.1. The molecule has 5 nitrogen and oxygen atoms in total. The predicted molar refractivity (Wildman–Crippen MR) is 73.2 cm³/mol. The Labute approximate surface area is 112 Å². The van der Waals surface area contributed by atoms with Gasteiger partial charge in [-0.25, -0.2) is 9.97 Å². The largest absolute Gasteiger partial charge is 0.491 e. The number of methoxy groups -OCH3 is 1. The van der Waals surface area contributed by atoms with Gasteiger partial charge in [0.25, 0.3) is 0 Å². The van der Waals surface area contributed by atoms with Gasteiger partial charge in [-0.15, -0.1) is 0 Å². The molecule has 0 N–H and O–H groups in total. The Morgan fingerprint density at radius 2 is 2.11 bits per heavy atom. The van der Waals surface area contributed by atoms with Crippen LogP contribution in [0.25, 0.3) is 11.5 Å². The molecule has 2 aromatic rings. The fourth-order valence-electron chi connectivity index (χ4n) is 2.01. The maximum absolute atomic E-state index is 5.35. The molecule has 0 saturated heterocycles. The van der Waals surface area contributed by atoms with Crippen molar-refractivity contribution in [3.8, 4) is 17.3 Å². The summed E-state index contributed by atoms with van der Waals surface area (Å²) in [7, 11) is 3.69. The topological polar surface area (TPSA) is 51.1 Å². The van der Waals surface area contributed by atoms with Crippen molar-refractivity contribution < 1.29 is 4.74 Å². The molecule has 3 rings (SSSR count). The highest BCUT2D eigenvalue weighted by molar-refractivity contribution is 5.59. The first-order valence-electron chi connectivity index (χ1n) is 6.35. The SMILES string of the molecule is COc1cnc(-c2ccccn2)nc1N(C)C1CC1. The molecule has 2 aromatic heterocycles. The van der Waals surface area contributed by atoms with Gasteiger partial charge in [0.05, 0.1) is 13.3 Å². The molecular weight excluding hydrogens is 240 g/mol. The third kappa shape index (κ3) is 2.36. The summed E-state index contributed by atoms with van der Waals surface area (Å²) < 4.78 is 5.35. The van der Waals surface area contributed by atoms with Crippen molar-refractivity contribution in [2.24, 2.45) is 0 Å². The zero-order valence-electron chi connectivity index (χ0n) is 11.1. The molecule has 19 heavy (non-hydrogen) atoms. The van der Waals surface area contributed by atoms with Gasteiger partial charge in [0.15, 0.2) is 17.4 Å². The fraction of sp³-hybridized carbons (Fsp3) is 0.357. The maximum Gasteiger partial charge on any atom is 0.180 e. The number of rotatable bonds is 4. The first-order valence-corrected chi connectivity index (χ1v) is 6.35. The summed E-state index contributed by atoms with van der Waals surface area (Å²) in [6.07, 6.45) is 5.88. The standard InChI is InChI=1S/C14H16N4O/c1-18(10-6-7-10)14-12(19-2)9-16-13(17-14)11-5-3-4-8-15-11/h3-5,8-10H,6-7H2,1-2H3. The molecule has 5 heteroatoms. The molecule has 0 unspecified atom stereocenters. The van der Waals surface area contributed by atoms with E-state index in [1.54, 1.807) is 19.5 Å². The fourth-order valence-corrected chi connectivity index (χ4v) is 2.01. The highest BCUT2D eigenvalue weighted by Gasteiger charge is 2.29. The number of nitrogens with zero attached hydrogens (tertiary/aromatic N) is 4. The zero-order chi connectivity index (χ0) is 13.2. The highest BCUT2D eigenvalue weighted by Crippen LogP contribution is 2.34. The summed E-state index contributed by atoms with van der Waals surface area (Å²) >= 11 is 0. The van der Waals surface area contributed by atoms with E-state index in [-0.39, 0.29) is 0 Å². The lowest BCUT2D eigenvalue weighted by Crippen LogP contribution is -2.21. The third-order valence-electron chi connectivity index (χ3n) is 3.28. The second kappa shape index (κ2) is 4.84. The van der Waals surface area contributed by atoms with Crippen molar-refractivity contribution in [3.05, 3.63) is 30.6 Å². The molecule has 1 aliphatic carbocycles. The van der Waals surface area contributed by atoms with E-state index in [4.69, 9.17) is 4.74 Å². The minimum absolute atomic E-state index is 0.570. The van der Waals surface area contributed by atoms with Crippen LogP contribution < -0.4 is 9.64 Å². The smallest absolute Gasteiger partial charge is 0.180 e. The van der Waals surface area contributed by atoms with Crippen LogP contribution in [0.5, 0.6) is 5.75 Å². The van der Waals surface area contributed by atoms with Crippen LogP contribution >= 0.6 is 0 Å². The summed E-state index contributed by atoms with van der Waals surface area (Å²) in [4.78, 5) is 15.4. The Morgan fingerprint density at radius 3 is 2.74 bits per heavy atom. The van der Waals surface area contributed by atoms with E-state index in [1.807, 2.05) is 25.2 Å². The van der Waals surface area contributed by atoms with Crippen LogP contribution in [-0.2, 0) is 0 Å². The van der Waals surface area contributed by atoms with Crippen LogP contribution in [0.1, 0.15) is 12.8 Å². The Bertz CT molecular complexity index is 569. The summed E-state index contributed by atoms with van der Waals surface area (Å²) in [5.41, 5.74) is 0.774. The van der Waals surface area contributed by atoms with E-state index in [0.29, 0.717) is 17.6 Å². The first kappa shape index (κ1) is 11.9. The number of anilines is 1. The minimum atomic E-state index is 0.570. The van der Waals surface area contributed by atoms with Gasteiger partial charge >= 0.3 is 0 Å². The number of hydrogen-bond donors (Lipinski definition) is 0. The molecule has 0 amide bonds. The van der Waals surface area contributed by atoms with E-state index in [2.05, 4.69) is 19.9 Å². The third-order valence-corrected chi connectivity index (χ3v) is 3.28. The lowest BCUT2D eigenvalue weighted by molar-refractivity contribution is 0.411. The average molecular weight is 256 g/mol. The molecule has 1 fully saturated rings. The van der Waals surface area contributed by atoms with E-state index >= 15 is 0 Å². The Balaban J connectivity index is 2.01. The molecule has 0 aromatic carbocycles. The Kier molecular flexibility index (Phi) is 3.03. The molecule has 0 bridgehead atoms. The summed E-state index contributed by atoms with van der Waals surface area (Å²) in [6, 6.07) is 6.29. The molecule has 1 aliphatic rings. The van der Waals surface area contributed by atoms with Crippen molar-refractivity contribution >= 4 is 5.82 Å². The van der Waals surface area contributed by atoms with Crippen molar-refractivity contribution in [2.75, 3.05) is 19.1 Å². The van der Waals surface area contributed by atoms with Crippen LogP contribution in [-0.4, -0.2) is 35.2 Å². The summed E-state index contributed by atoms with van der Waals surface area (Å²) in [6.45, 7) is 0. The Hall–Kier alpha value is -2.17. The van der Waals surface area contributed by atoms with Crippen molar-refractivity contribution in [2.45, 2.75) is 18.9 Å². The molecule has 0 aliphatic heterocycles. The molecule has 98 valence electrons. The summed E-state index contributed by atoms with van der Waals surface area (Å²) in [5, 5.41) is 0. The monoisotopic (exact) mass is 256 g/mol. The van der Waals surface area contributed by atoms with Crippen LogP contribution in [0, 0.1) is 0 Å². The average Bonchev–Trinajstić information content (AvgIpc) is 3.31. The van der Waals surface area contributed by atoms with Crippen LogP contribution in [0.4, 0.5) is 5.82 Å². The normalized spacial score (nSPS) is 14.2. The van der Waals surface area contributed by atoms with Crippen molar-refractivity contribution in [1.29, 1.82) is 0 Å². The minimum Gasteiger partial charge on any atom is -0.491 e. The first-order chi connectivity index (χ1) is 9.29. The predicted octanol–water partition coefficient (Wildman–Crippen LogP) is 2.15. The quantitative estimate of drug-likeness (QED) is 0.839. The van der Waals surface area contributed by atoms with Gasteiger partial charge in [0.2, 0.25) is 0 Å². The summed E-state index contributed by atoms with van der Waals surface area (Å²) in [5.74, 6) is 2.17. The number of pyridine rings is 1. The van der Waals surface area contributed by atoms with Gasteiger partial charge < -0.3 is 9.64 Å². The van der Waals surface area contributed by atoms with Crippen LogP contribution in [0.15, 0.2) is 30.6 Å². The van der Waals surface area contributed by atoms with Crippen molar-refractivity contribution in [3.63, 3.8) is 0 Å². The van der Waals surface area contributed by atoms with Gasteiger partial charge in [0.1, 0.15) is 5.69 Å². The molecule has 2 heterocycles. The second-order valence-corrected chi connectivity index (χ2v) is 4.64. The van der Waals surface area contributed by atoms with Gasteiger partial charge in [-0.1, -0.05) is 6.07 Å². The number of ether oxygens (including phenoxy) is 1. The number of hydrogen-bond acceptors (Lipinski definition) is 5. The van der Waals surface area contributed by atoms with Gasteiger partial charge in [0, 0.05) is 19.3 Å². The highest BCUT2D eigenvalue weighted by atomic mass is 16.5. The molecule has 1 saturated carbocycles. The van der Waals surface area contributed by atoms with Crippen LogP contribution in [0.2, 0.25) is 0 Å². The molecular formula is C14H16N4O. The molecule has 0 spiro atoms. The molecule has 0 radical (unpaired) electrons. The lowest BCUT2D eigenvalue weighted by atomic mass is 10.3. The van der Waals surface area contributed by atoms with Gasteiger partial charge in [-0.05, 0) is 25.0 Å². The van der Waals surface area contributed by atoms with E-state index < -0.39 is 0 Å². The Morgan fingerprint density at radius 1 is 1.26 bits per heavy atom. The molecule has 0 atom stereocenters. The second-order valence-electron chi connectivity index (χ2n) is 4.64. The van der Waals surface area contributed by atoms with E-state index in [1.165, 1.54) is 12.8 Å².